The zero-order chi connectivity index (χ0) is 16.8. The van der Waals surface area contributed by atoms with Gasteiger partial charge in [-0.15, -0.1) is 0 Å². The molecule has 4 heteroatoms. The normalized spacial score (nSPS) is 23.0. The first-order valence-corrected chi connectivity index (χ1v) is 9.91. The lowest BCUT2D eigenvalue weighted by atomic mass is 9.98. The Hall–Kier alpha value is -1.06. The van der Waals surface area contributed by atoms with E-state index in [-0.39, 0.29) is 5.91 Å². The molecule has 3 nitrogen and oxygen atoms in total. The standard InChI is InChI=1S/C20H29ClN2O/c21-18-10-8-17(9-11-18)20(24)23-15-6-3-7-19(23)12-16-22-13-4-1-2-5-14-22/h8-11,19H,1-7,12-16H2/t19-/m1/s1. The van der Waals surface area contributed by atoms with Crippen LogP contribution in [0.25, 0.3) is 0 Å². The van der Waals surface area contributed by atoms with Crippen molar-refractivity contribution in [3.05, 3.63) is 34.9 Å². The van der Waals surface area contributed by atoms with E-state index in [1.165, 1.54) is 45.2 Å². The number of nitrogens with zero attached hydrogens (tertiary/aromatic N) is 2. The second kappa shape index (κ2) is 8.87. The minimum Gasteiger partial charge on any atom is -0.336 e. The van der Waals surface area contributed by atoms with Crippen molar-refractivity contribution in [3.63, 3.8) is 0 Å². The minimum atomic E-state index is 0.173. The average Bonchev–Trinajstić information content (AvgIpc) is 2.89. The maximum atomic E-state index is 12.9. The predicted octanol–water partition coefficient (Wildman–Crippen LogP) is 4.60. The summed E-state index contributed by atoms with van der Waals surface area (Å²) in [5, 5.41) is 0.683. The number of carbonyl (C=O) groups excluding carboxylic acids is 1. The molecule has 132 valence electrons. The van der Waals surface area contributed by atoms with Gasteiger partial charge in [0.15, 0.2) is 0 Å². The molecule has 2 fully saturated rings. The van der Waals surface area contributed by atoms with Gasteiger partial charge in [-0.05, 0) is 75.9 Å². The van der Waals surface area contributed by atoms with Crippen LogP contribution < -0.4 is 0 Å². The lowest BCUT2D eigenvalue weighted by Crippen LogP contribution is -2.45. The Labute approximate surface area is 151 Å². The Kier molecular flexibility index (Phi) is 6.56. The third-order valence-electron chi connectivity index (χ3n) is 5.46. The van der Waals surface area contributed by atoms with E-state index in [4.69, 9.17) is 11.6 Å². The molecule has 0 bridgehead atoms. The summed E-state index contributed by atoms with van der Waals surface area (Å²) in [7, 11) is 0. The number of rotatable bonds is 4. The van der Waals surface area contributed by atoms with E-state index in [1.54, 1.807) is 0 Å². The highest BCUT2D eigenvalue weighted by atomic mass is 35.5. The Bertz CT molecular complexity index is 523. The molecule has 24 heavy (non-hydrogen) atoms. The van der Waals surface area contributed by atoms with Gasteiger partial charge in [-0.25, -0.2) is 0 Å². The van der Waals surface area contributed by atoms with Gasteiger partial charge in [0.2, 0.25) is 0 Å². The SMILES string of the molecule is O=C(c1ccc(Cl)cc1)N1CCCC[C@@H]1CCN1CCCCCC1. The second-order valence-corrected chi connectivity index (χ2v) is 7.64. The van der Waals surface area contributed by atoms with Crippen LogP contribution in [-0.2, 0) is 0 Å². The highest BCUT2D eigenvalue weighted by Crippen LogP contribution is 2.23. The van der Waals surface area contributed by atoms with Gasteiger partial charge in [0.25, 0.3) is 5.91 Å². The van der Waals surface area contributed by atoms with Crippen LogP contribution in [0.5, 0.6) is 0 Å². The molecule has 0 N–H and O–H groups in total. The van der Waals surface area contributed by atoms with Crippen molar-refractivity contribution in [2.45, 2.75) is 57.4 Å². The summed E-state index contributed by atoms with van der Waals surface area (Å²) in [6, 6.07) is 7.72. The number of hydrogen-bond donors (Lipinski definition) is 0. The Morgan fingerprint density at radius 1 is 0.958 bits per heavy atom. The van der Waals surface area contributed by atoms with E-state index in [1.807, 2.05) is 24.3 Å². The highest BCUT2D eigenvalue weighted by Gasteiger charge is 2.27. The van der Waals surface area contributed by atoms with Crippen LogP contribution in [0.3, 0.4) is 0 Å². The molecule has 2 saturated heterocycles. The number of amides is 1. The van der Waals surface area contributed by atoms with Crippen LogP contribution in [-0.4, -0.2) is 47.9 Å². The summed E-state index contributed by atoms with van der Waals surface area (Å²) < 4.78 is 0. The molecule has 0 unspecified atom stereocenters. The number of piperidine rings is 1. The molecule has 1 amide bonds. The Balaban J connectivity index is 1.60. The molecule has 0 aromatic heterocycles. The van der Waals surface area contributed by atoms with Crippen LogP contribution in [0.4, 0.5) is 0 Å². The van der Waals surface area contributed by atoms with Gasteiger partial charge >= 0.3 is 0 Å². The summed E-state index contributed by atoms with van der Waals surface area (Å²) in [5.74, 6) is 0.173. The van der Waals surface area contributed by atoms with Gasteiger partial charge < -0.3 is 9.80 Å². The second-order valence-electron chi connectivity index (χ2n) is 7.20. The van der Waals surface area contributed by atoms with Crippen molar-refractivity contribution in [1.82, 2.24) is 9.80 Å². The van der Waals surface area contributed by atoms with Gasteiger partial charge in [-0.3, -0.25) is 4.79 Å². The largest absolute Gasteiger partial charge is 0.336 e. The maximum absolute atomic E-state index is 12.9. The van der Waals surface area contributed by atoms with Crippen molar-refractivity contribution >= 4 is 17.5 Å². The minimum absolute atomic E-state index is 0.173. The number of hydrogen-bond acceptors (Lipinski definition) is 2. The molecule has 2 aliphatic heterocycles. The van der Waals surface area contributed by atoms with E-state index < -0.39 is 0 Å². The lowest BCUT2D eigenvalue weighted by molar-refractivity contribution is 0.0584. The summed E-state index contributed by atoms with van der Waals surface area (Å²) >= 11 is 5.95. The fourth-order valence-corrected chi connectivity index (χ4v) is 4.14. The first-order chi connectivity index (χ1) is 11.7. The summed E-state index contributed by atoms with van der Waals surface area (Å²) in [6.45, 7) is 4.50. The third kappa shape index (κ3) is 4.73. The topological polar surface area (TPSA) is 23.6 Å². The van der Waals surface area contributed by atoms with Crippen molar-refractivity contribution in [2.75, 3.05) is 26.2 Å². The fraction of sp³-hybridized carbons (Fsp3) is 0.650. The van der Waals surface area contributed by atoms with E-state index in [2.05, 4.69) is 9.80 Å². The van der Waals surface area contributed by atoms with E-state index >= 15 is 0 Å². The van der Waals surface area contributed by atoms with Crippen LogP contribution >= 0.6 is 11.6 Å². The molecule has 0 saturated carbocycles. The van der Waals surface area contributed by atoms with Gasteiger partial charge in [-0.1, -0.05) is 24.4 Å². The quantitative estimate of drug-likeness (QED) is 0.793. The molecule has 2 heterocycles. The van der Waals surface area contributed by atoms with Gasteiger partial charge in [0, 0.05) is 29.7 Å². The fourth-order valence-electron chi connectivity index (χ4n) is 4.02. The van der Waals surface area contributed by atoms with Gasteiger partial charge in [0.1, 0.15) is 0 Å². The number of likely N-dealkylation sites (tertiary alicyclic amines) is 2. The smallest absolute Gasteiger partial charge is 0.254 e. The zero-order valence-corrected chi connectivity index (χ0v) is 15.3. The molecule has 2 aliphatic rings. The van der Waals surface area contributed by atoms with Gasteiger partial charge in [-0.2, -0.15) is 0 Å². The van der Waals surface area contributed by atoms with Crippen molar-refractivity contribution in [1.29, 1.82) is 0 Å². The monoisotopic (exact) mass is 348 g/mol. The first kappa shape index (κ1) is 17.8. The molecule has 0 radical (unpaired) electrons. The van der Waals surface area contributed by atoms with E-state index in [9.17, 15) is 4.79 Å². The summed E-state index contributed by atoms with van der Waals surface area (Å²) in [5.41, 5.74) is 0.765. The molecule has 1 aromatic rings. The summed E-state index contributed by atoms with van der Waals surface area (Å²) in [6.07, 6.45) is 10.0. The van der Waals surface area contributed by atoms with Crippen LogP contribution in [0, 0.1) is 0 Å². The summed E-state index contributed by atoms with van der Waals surface area (Å²) in [4.78, 5) is 17.6. The molecule has 1 aromatic carbocycles. The molecular formula is C20H29ClN2O. The average molecular weight is 349 g/mol. The van der Waals surface area contributed by atoms with Crippen molar-refractivity contribution in [3.8, 4) is 0 Å². The van der Waals surface area contributed by atoms with E-state index in [0.717, 1.165) is 37.9 Å². The predicted molar refractivity (Wildman–Crippen MR) is 99.7 cm³/mol. The highest BCUT2D eigenvalue weighted by molar-refractivity contribution is 6.30. The van der Waals surface area contributed by atoms with Crippen LogP contribution in [0.2, 0.25) is 5.02 Å². The van der Waals surface area contributed by atoms with Crippen molar-refractivity contribution < 1.29 is 4.79 Å². The van der Waals surface area contributed by atoms with Gasteiger partial charge in [0.05, 0.1) is 0 Å². The number of halogens is 1. The first-order valence-electron chi connectivity index (χ1n) is 9.53. The zero-order valence-electron chi connectivity index (χ0n) is 14.6. The Morgan fingerprint density at radius 2 is 1.62 bits per heavy atom. The molecule has 1 atom stereocenters. The molecule has 0 spiro atoms. The lowest BCUT2D eigenvalue weighted by Gasteiger charge is -2.37. The third-order valence-corrected chi connectivity index (χ3v) is 5.71. The Morgan fingerprint density at radius 3 is 2.33 bits per heavy atom. The molecule has 0 aliphatic carbocycles. The molecule has 3 rings (SSSR count). The van der Waals surface area contributed by atoms with Crippen LogP contribution in [0.1, 0.15) is 61.7 Å². The van der Waals surface area contributed by atoms with Crippen molar-refractivity contribution in [2.24, 2.45) is 0 Å². The maximum Gasteiger partial charge on any atom is 0.254 e. The molecular weight excluding hydrogens is 320 g/mol. The van der Waals surface area contributed by atoms with Crippen LogP contribution in [0.15, 0.2) is 24.3 Å². The number of benzene rings is 1. The number of carbonyl (C=O) groups is 1. The van der Waals surface area contributed by atoms with E-state index in [0.29, 0.717) is 11.1 Å².